The summed E-state index contributed by atoms with van der Waals surface area (Å²) in [6, 6.07) is -1.11. The predicted octanol–water partition coefficient (Wildman–Crippen LogP) is 0.679. The van der Waals surface area contributed by atoms with E-state index >= 15 is 0 Å². The number of esters is 1. The third kappa shape index (κ3) is 9.30. The van der Waals surface area contributed by atoms with E-state index in [1.165, 1.54) is 14.0 Å². The molecule has 23 heavy (non-hydrogen) atoms. The van der Waals surface area contributed by atoms with Crippen molar-refractivity contribution in [1.82, 2.24) is 16.3 Å². The first-order valence-electron chi connectivity index (χ1n) is 6.90. The summed E-state index contributed by atoms with van der Waals surface area (Å²) in [6.45, 7) is 8.34. The zero-order chi connectivity index (χ0) is 18.0. The van der Waals surface area contributed by atoms with Gasteiger partial charge in [0.05, 0.1) is 19.4 Å². The van der Waals surface area contributed by atoms with Gasteiger partial charge in [0.2, 0.25) is 0 Å². The van der Waals surface area contributed by atoms with Gasteiger partial charge in [0.1, 0.15) is 5.60 Å². The number of ether oxygens (including phenoxy) is 3. The average Bonchev–Trinajstić information content (AvgIpc) is 2.43. The van der Waals surface area contributed by atoms with Gasteiger partial charge in [0.25, 0.3) is 0 Å². The van der Waals surface area contributed by atoms with Gasteiger partial charge < -0.3 is 14.2 Å². The zero-order valence-corrected chi connectivity index (χ0v) is 14.2. The largest absolute Gasteiger partial charge is 0.464 e. The fourth-order valence-corrected chi connectivity index (χ4v) is 1.24. The van der Waals surface area contributed by atoms with Crippen molar-refractivity contribution in [3.63, 3.8) is 0 Å². The van der Waals surface area contributed by atoms with E-state index in [4.69, 9.17) is 9.47 Å². The van der Waals surface area contributed by atoms with Crippen LogP contribution in [0.5, 0.6) is 0 Å². The van der Waals surface area contributed by atoms with Gasteiger partial charge in [-0.15, -0.1) is 0 Å². The lowest BCUT2D eigenvalue weighted by molar-refractivity contribution is -0.143. The Bertz CT molecular complexity index is 458. The third-order valence-electron chi connectivity index (χ3n) is 2.17. The van der Waals surface area contributed by atoms with Crippen molar-refractivity contribution in [2.24, 2.45) is 5.10 Å². The Kier molecular flexibility index (Phi) is 8.63. The van der Waals surface area contributed by atoms with E-state index in [1.807, 2.05) is 0 Å². The number of nitrogens with zero attached hydrogens (tertiary/aromatic N) is 1. The van der Waals surface area contributed by atoms with E-state index in [1.54, 1.807) is 27.7 Å². The first kappa shape index (κ1) is 20.6. The molecule has 0 radical (unpaired) electrons. The van der Waals surface area contributed by atoms with E-state index < -0.39 is 29.8 Å². The van der Waals surface area contributed by atoms with Crippen LogP contribution in [0.15, 0.2) is 5.10 Å². The summed E-state index contributed by atoms with van der Waals surface area (Å²) < 4.78 is 14.2. The maximum atomic E-state index is 11.9. The van der Waals surface area contributed by atoms with Gasteiger partial charge in [-0.2, -0.15) is 5.10 Å². The van der Waals surface area contributed by atoms with Crippen LogP contribution in [-0.2, 0) is 19.0 Å². The minimum Gasteiger partial charge on any atom is -0.464 e. The Morgan fingerprint density at radius 1 is 1.17 bits per heavy atom. The molecule has 0 aliphatic rings. The van der Waals surface area contributed by atoms with Gasteiger partial charge in [0, 0.05) is 0 Å². The number of methoxy groups -OCH3 is 1. The normalized spacial score (nSPS) is 12.9. The van der Waals surface area contributed by atoms with Crippen molar-refractivity contribution < 1.29 is 28.6 Å². The molecule has 132 valence electrons. The van der Waals surface area contributed by atoms with Crippen molar-refractivity contribution >= 4 is 23.9 Å². The first-order chi connectivity index (χ1) is 10.6. The fraction of sp³-hybridized carbons (Fsp3) is 0.692. The minimum absolute atomic E-state index is 0.141. The quantitative estimate of drug-likeness (QED) is 0.282. The van der Waals surface area contributed by atoms with E-state index in [2.05, 4.69) is 26.1 Å². The topological polar surface area (TPSA) is 127 Å². The highest BCUT2D eigenvalue weighted by Crippen LogP contribution is 2.06. The van der Waals surface area contributed by atoms with Crippen LogP contribution in [0.4, 0.5) is 9.59 Å². The molecule has 3 N–H and O–H groups in total. The standard InChI is InChI=1S/C13H24N4O6/c1-7-22-10(18)9(15-16-11(19)21-6)8(2)14-17-12(20)23-13(3,4)5/h9,15H,7H2,1-6H3,(H,16,19)(H,17,20)/b14-8+. The Morgan fingerprint density at radius 3 is 2.26 bits per heavy atom. The molecule has 0 aromatic carbocycles. The van der Waals surface area contributed by atoms with Crippen molar-refractivity contribution in [3.05, 3.63) is 0 Å². The second kappa shape index (κ2) is 9.62. The number of hydrazine groups is 1. The highest BCUT2D eigenvalue weighted by atomic mass is 16.6. The van der Waals surface area contributed by atoms with E-state index in [-0.39, 0.29) is 12.3 Å². The summed E-state index contributed by atoms with van der Waals surface area (Å²) in [5.74, 6) is -0.684. The van der Waals surface area contributed by atoms with Crippen LogP contribution in [0.1, 0.15) is 34.6 Å². The molecule has 0 aromatic rings. The van der Waals surface area contributed by atoms with Crippen LogP contribution in [0, 0.1) is 0 Å². The average molecular weight is 332 g/mol. The van der Waals surface area contributed by atoms with E-state index in [9.17, 15) is 14.4 Å². The van der Waals surface area contributed by atoms with Gasteiger partial charge in [-0.3, -0.25) is 5.43 Å². The lowest BCUT2D eigenvalue weighted by Gasteiger charge is -2.19. The molecular weight excluding hydrogens is 308 g/mol. The zero-order valence-electron chi connectivity index (χ0n) is 14.2. The monoisotopic (exact) mass is 332 g/mol. The molecule has 1 unspecified atom stereocenters. The number of hydrogen-bond donors (Lipinski definition) is 3. The molecule has 0 fully saturated rings. The summed E-state index contributed by atoms with van der Waals surface area (Å²) in [5, 5.41) is 3.75. The molecule has 0 aromatic heterocycles. The highest BCUT2D eigenvalue weighted by Gasteiger charge is 2.24. The Hall–Kier alpha value is -2.36. The molecule has 0 aliphatic carbocycles. The number of nitrogens with one attached hydrogen (secondary N) is 3. The van der Waals surface area contributed by atoms with Crippen LogP contribution in [0.3, 0.4) is 0 Å². The number of carbonyl (C=O) groups excluding carboxylic acids is 3. The number of amides is 2. The Morgan fingerprint density at radius 2 is 1.78 bits per heavy atom. The summed E-state index contributed by atoms with van der Waals surface area (Å²) in [7, 11) is 1.17. The first-order valence-corrected chi connectivity index (χ1v) is 6.90. The van der Waals surface area contributed by atoms with Crippen LogP contribution >= 0.6 is 0 Å². The molecule has 10 heteroatoms. The van der Waals surface area contributed by atoms with Crippen LogP contribution in [-0.4, -0.2) is 49.2 Å². The van der Waals surface area contributed by atoms with E-state index in [0.29, 0.717) is 0 Å². The van der Waals surface area contributed by atoms with Crippen LogP contribution in [0.2, 0.25) is 0 Å². The molecular formula is C13H24N4O6. The third-order valence-corrected chi connectivity index (χ3v) is 2.17. The molecule has 0 bridgehead atoms. The fourth-order valence-electron chi connectivity index (χ4n) is 1.24. The maximum absolute atomic E-state index is 11.9. The van der Waals surface area contributed by atoms with Crippen molar-refractivity contribution in [2.75, 3.05) is 13.7 Å². The maximum Gasteiger partial charge on any atom is 0.428 e. The molecule has 0 spiro atoms. The van der Waals surface area contributed by atoms with Gasteiger partial charge in [0.15, 0.2) is 6.04 Å². The molecule has 0 aliphatic heterocycles. The predicted molar refractivity (Wildman–Crippen MR) is 81.6 cm³/mol. The molecule has 0 saturated carbocycles. The van der Waals surface area contributed by atoms with Gasteiger partial charge in [-0.05, 0) is 34.6 Å². The molecule has 1 atom stereocenters. The summed E-state index contributed by atoms with van der Waals surface area (Å²) >= 11 is 0. The van der Waals surface area contributed by atoms with E-state index in [0.717, 1.165) is 0 Å². The molecule has 2 amide bonds. The summed E-state index contributed by atoms with van der Waals surface area (Å²) in [5.41, 5.74) is 6.16. The molecule has 0 heterocycles. The van der Waals surface area contributed by atoms with Gasteiger partial charge >= 0.3 is 18.2 Å². The summed E-state index contributed by atoms with van der Waals surface area (Å²) in [4.78, 5) is 34.4. The molecule has 10 nitrogen and oxygen atoms in total. The molecule has 0 saturated heterocycles. The summed E-state index contributed by atoms with van der Waals surface area (Å²) in [6.07, 6.45) is -1.58. The Balaban J connectivity index is 4.85. The van der Waals surface area contributed by atoms with Crippen LogP contribution < -0.4 is 16.3 Å². The Labute approximate surface area is 134 Å². The second-order valence-electron chi connectivity index (χ2n) is 5.31. The highest BCUT2D eigenvalue weighted by molar-refractivity contribution is 6.05. The SMILES string of the molecule is CCOC(=O)C(NNC(=O)OC)/C(C)=N/NC(=O)OC(C)(C)C. The number of hydrazone groups is 1. The number of hydrogen-bond acceptors (Lipinski definition) is 8. The van der Waals surface area contributed by atoms with Crippen LogP contribution in [0.25, 0.3) is 0 Å². The van der Waals surface area contributed by atoms with Crippen molar-refractivity contribution in [1.29, 1.82) is 0 Å². The minimum atomic E-state index is -1.11. The molecule has 0 rings (SSSR count). The van der Waals surface area contributed by atoms with Crippen molar-refractivity contribution in [3.8, 4) is 0 Å². The number of rotatable bonds is 6. The lowest BCUT2D eigenvalue weighted by atomic mass is 10.2. The lowest BCUT2D eigenvalue weighted by Crippen LogP contribution is -2.52. The number of carbonyl (C=O) groups is 3. The smallest absolute Gasteiger partial charge is 0.428 e. The second-order valence-corrected chi connectivity index (χ2v) is 5.31. The van der Waals surface area contributed by atoms with Crippen molar-refractivity contribution in [2.45, 2.75) is 46.3 Å². The van der Waals surface area contributed by atoms with Gasteiger partial charge in [-0.25, -0.2) is 25.2 Å². The van der Waals surface area contributed by atoms with Gasteiger partial charge in [-0.1, -0.05) is 0 Å².